The zero-order chi connectivity index (χ0) is 25.4. The molecule has 36 heavy (non-hydrogen) atoms. The van der Waals surface area contributed by atoms with Crippen molar-refractivity contribution in [3.8, 4) is 0 Å². The fourth-order valence-corrected chi connectivity index (χ4v) is 6.28. The summed E-state index contributed by atoms with van der Waals surface area (Å²) in [5.41, 5.74) is 0.812. The van der Waals surface area contributed by atoms with E-state index in [9.17, 15) is 24.6 Å². The van der Waals surface area contributed by atoms with E-state index < -0.39 is 41.4 Å². The van der Waals surface area contributed by atoms with Gasteiger partial charge in [-0.3, -0.25) is 24.6 Å². The third kappa shape index (κ3) is 3.96. The number of benzene rings is 2. The number of likely N-dealkylation sites (tertiary alicyclic amines) is 1. The van der Waals surface area contributed by atoms with Crippen LogP contribution in [0.15, 0.2) is 54.6 Å². The average molecular weight is 489 g/mol. The van der Waals surface area contributed by atoms with Crippen LogP contribution in [0.3, 0.4) is 0 Å². The van der Waals surface area contributed by atoms with Gasteiger partial charge < -0.3 is 10.2 Å². The molecule has 2 amide bonds. The summed E-state index contributed by atoms with van der Waals surface area (Å²) in [6.07, 6.45) is 7.05. The number of carbonyl (C=O) groups is 3. The molecule has 0 bridgehead atoms. The monoisotopic (exact) mass is 488 g/mol. The second kappa shape index (κ2) is 9.64. The first-order chi connectivity index (χ1) is 17.3. The molecule has 5 rings (SSSR count). The molecular formula is C29H32N2O5. The van der Waals surface area contributed by atoms with Crippen LogP contribution in [0.2, 0.25) is 0 Å². The number of carbonyl (C=O) groups excluding carboxylic acids is 2. The fourth-order valence-electron chi connectivity index (χ4n) is 6.28. The summed E-state index contributed by atoms with van der Waals surface area (Å²) in [4.78, 5) is 41.3. The van der Waals surface area contributed by atoms with E-state index in [4.69, 9.17) is 0 Å². The largest absolute Gasteiger partial charge is 0.480 e. The smallest absolute Gasteiger partial charge is 0.327 e. The molecule has 7 heteroatoms. The highest BCUT2D eigenvalue weighted by Crippen LogP contribution is 2.51. The van der Waals surface area contributed by atoms with E-state index in [1.165, 1.54) is 11.8 Å². The van der Waals surface area contributed by atoms with Crippen molar-refractivity contribution in [1.82, 2.24) is 10.2 Å². The summed E-state index contributed by atoms with van der Waals surface area (Å²) in [7, 11) is 0. The predicted octanol–water partition coefficient (Wildman–Crippen LogP) is 3.64. The number of aliphatic hydroxyl groups is 1. The lowest BCUT2D eigenvalue weighted by atomic mass is 9.76. The number of hydrogen-bond acceptors (Lipinski definition) is 5. The lowest BCUT2D eigenvalue weighted by Gasteiger charge is -2.36. The number of nitrogens with one attached hydrogen (secondary N) is 1. The maximum absolute atomic E-state index is 13.7. The van der Waals surface area contributed by atoms with E-state index in [2.05, 4.69) is 5.32 Å². The molecule has 0 spiro atoms. The Morgan fingerprint density at radius 1 is 0.972 bits per heavy atom. The maximum Gasteiger partial charge on any atom is 0.327 e. The van der Waals surface area contributed by atoms with Gasteiger partial charge in [-0.2, -0.15) is 0 Å². The fraction of sp³-hybridized carbons (Fsp3) is 0.414. The number of amides is 2. The van der Waals surface area contributed by atoms with Gasteiger partial charge in [0.05, 0.1) is 17.9 Å². The Kier molecular flexibility index (Phi) is 6.53. The predicted molar refractivity (Wildman–Crippen MR) is 135 cm³/mol. The summed E-state index contributed by atoms with van der Waals surface area (Å²) in [6, 6.07) is 16.6. The van der Waals surface area contributed by atoms with Crippen molar-refractivity contribution in [3.05, 3.63) is 71.3 Å². The number of imide groups is 1. The highest BCUT2D eigenvalue weighted by molar-refractivity contribution is 6.10. The molecule has 7 nitrogen and oxygen atoms in total. The Bertz CT molecular complexity index is 1170. The standard InChI is InChI=1S/C29H32N2O5/c1-18(32)29(28(35)36)24-23(26(33)31(27(24)34)22-10-6-3-7-11-22)25(30-29)21-16-14-20(15-17-21)13-12-19-8-4-2-5-9-19/h2,4-5,8-9,12-18,22-25,30,32H,3,6-7,10-11H2,1H3,(H,35,36)/b13-12+. The summed E-state index contributed by atoms with van der Waals surface area (Å²) < 4.78 is 0. The second-order valence-electron chi connectivity index (χ2n) is 10.2. The Morgan fingerprint density at radius 3 is 2.17 bits per heavy atom. The number of carboxylic acid groups (broad SMARTS) is 1. The van der Waals surface area contributed by atoms with Crippen LogP contribution in [-0.2, 0) is 14.4 Å². The first-order valence-corrected chi connectivity index (χ1v) is 12.7. The van der Waals surface area contributed by atoms with Gasteiger partial charge in [-0.1, -0.05) is 86.0 Å². The van der Waals surface area contributed by atoms with Gasteiger partial charge in [0.15, 0.2) is 5.54 Å². The molecule has 188 valence electrons. The van der Waals surface area contributed by atoms with Crippen molar-refractivity contribution in [2.24, 2.45) is 11.8 Å². The van der Waals surface area contributed by atoms with E-state index in [-0.39, 0.29) is 11.9 Å². The van der Waals surface area contributed by atoms with Gasteiger partial charge in [0.1, 0.15) is 0 Å². The molecule has 5 unspecified atom stereocenters. The Balaban J connectivity index is 1.48. The van der Waals surface area contributed by atoms with Crippen LogP contribution in [0.4, 0.5) is 0 Å². The zero-order valence-corrected chi connectivity index (χ0v) is 20.3. The minimum Gasteiger partial charge on any atom is -0.480 e. The van der Waals surface area contributed by atoms with Crippen LogP contribution >= 0.6 is 0 Å². The molecule has 1 saturated carbocycles. The number of rotatable bonds is 6. The molecule has 3 aliphatic rings. The molecule has 3 fully saturated rings. The maximum atomic E-state index is 13.7. The normalized spacial score (nSPS) is 29.6. The van der Waals surface area contributed by atoms with E-state index in [0.29, 0.717) is 0 Å². The van der Waals surface area contributed by atoms with Crippen molar-refractivity contribution in [2.45, 2.75) is 62.8 Å². The Labute approximate surface area is 210 Å². The van der Waals surface area contributed by atoms with Crippen LogP contribution in [0.25, 0.3) is 12.2 Å². The van der Waals surface area contributed by atoms with Gasteiger partial charge in [-0.15, -0.1) is 0 Å². The molecule has 5 atom stereocenters. The molecule has 0 aromatic heterocycles. The van der Waals surface area contributed by atoms with Crippen molar-refractivity contribution < 1.29 is 24.6 Å². The lowest BCUT2D eigenvalue weighted by Crippen LogP contribution is -2.62. The van der Waals surface area contributed by atoms with Crippen LogP contribution in [0.1, 0.15) is 61.8 Å². The number of hydrogen-bond donors (Lipinski definition) is 3. The van der Waals surface area contributed by atoms with Crippen molar-refractivity contribution in [1.29, 1.82) is 0 Å². The minimum absolute atomic E-state index is 0.198. The molecule has 3 N–H and O–H groups in total. The number of carboxylic acids is 1. The van der Waals surface area contributed by atoms with Gasteiger partial charge >= 0.3 is 5.97 Å². The van der Waals surface area contributed by atoms with E-state index in [1.54, 1.807) is 0 Å². The Hall–Kier alpha value is -3.29. The van der Waals surface area contributed by atoms with Gasteiger partial charge in [-0.25, -0.2) is 0 Å². The topological polar surface area (TPSA) is 107 Å². The van der Waals surface area contributed by atoms with E-state index >= 15 is 0 Å². The molecule has 1 aliphatic carbocycles. The number of fused-ring (bicyclic) bond motifs is 1. The van der Waals surface area contributed by atoms with Gasteiger partial charge in [-0.05, 0) is 36.5 Å². The number of aliphatic hydroxyl groups excluding tert-OH is 1. The molecule has 2 aromatic carbocycles. The van der Waals surface area contributed by atoms with E-state index in [0.717, 1.165) is 48.8 Å². The zero-order valence-electron chi connectivity index (χ0n) is 20.3. The van der Waals surface area contributed by atoms with Crippen LogP contribution < -0.4 is 5.32 Å². The molecule has 2 saturated heterocycles. The third-order valence-corrected chi connectivity index (χ3v) is 8.15. The first-order valence-electron chi connectivity index (χ1n) is 12.7. The van der Waals surface area contributed by atoms with Gasteiger partial charge in [0.25, 0.3) is 0 Å². The molecule has 2 aliphatic heterocycles. The number of aliphatic carboxylic acids is 1. The van der Waals surface area contributed by atoms with Gasteiger partial charge in [0, 0.05) is 12.1 Å². The SMILES string of the molecule is CC(O)C1(C(=O)O)NC(c2ccc(/C=C/c3ccccc3)cc2)C2C(=O)N(C3CCCCC3)C(=O)C21. The second-order valence-corrected chi connectivity index (χ2v) is 10.2. The van der Waals surface area contributed by atoms with Crippen LogP contribution in [0, 0.1) is 11.8 Å². The molecule has 0 radical (unpaired) electrons. The first kappa shape index (κ1) is 24.4. The van der Waals surface area contributed by atoms with Crippen molar-refractivity contribution in [3.63, 3.8) is 0 Å². The van der Waals surface area contributed by atoms with Crippen LogP contribution in [-0.4, -0.2) is 50.6 Å². The van der Waals surface area contributed by atoms with Crippen molar-refractivity contribution >= 4 is 29.9 Å². The van der Waals surface area contributed by atoms with Crippen LogP contribution in [0.5, 0.6) is 0 Å². The molecular weight excluding hydrogens is 456 g/mol. The van der Waals surface area contributed by atoms with Crippen molar-refractivity contribution in [2.75, 3.05) is 0 Å². The Morgan fingerprint density at radius 2 is 1.58 bits per heavy atom. The lowest BCUT2D eigenvalue weighted by molar-refractivity contribution is -0.157. The minimum atomic E-state index is -1.93. The number of nitrogens with zero attached hydrogens (tertiary/aromatic N) is 1. The van der Waals surface area contributed by atoms with Gasteiger partial charge in [0.2, 0.25) is 11.8 Å². The summed E-state index contributed by atoms with van der Waals surface area (Å²) in [5, 5.41) is 24.0. The highest BCUT2D eigenvalue weighted by Gasteiger charge is 2.70. The summed E-state index contributed by atoms with van der Waals surface area (Å²) in [5.74, 6) is -4.16. The van der Waals surface area contributed by atoms with E-state index in [1.807, 2.05) is 66.7 Å². The molecule has 2 aromatic rings. The third-order valence-electron chi connectivity index (χ3n) is 8.15. The average Bonchev–Trinajstić information content (AvgIpc) is 3.39. The quantitative estimate of drug-likeness (QED) is 0.423. The summed E-state index contributed by atoms with van der Waals surface area (Å²) in [6.45, 7) is 1.37. The molecule has 2 heterocycles. The highest BCUT2D eigenvalue weighted by atomic mass is 16.4. The summed E-state index contributed by atoms with van der Waals surface area (Å²) >= 11 is 0.